The van der Waals surface area contributed by atoms with Crippen molar-refractivity contribution in [2.45, 2.75) is 6.92 Å². The third-order valence-electron chi connectivity index (χ3n) is 4.88. The zero-order valence-electron chi connectivity index (χ0n) is 15.9. The number of nitrogens with zero attached hydrogens (tertiary/aromatic N) is 5. The molecule has 1 saturated heterocycles. The second kappa shape index (κ2) is 8.28. The normalized spacial score (nSPS) is 15.2. The van der Waals surface area contributed by atoms with Crippen molar-refractivity contribution in [3.05, 3.63) is 40.1 Å². The second-order valence-corrected chi connectivity index (χ2v) is 8.74. The zero-order valence-corrected chi connectivity index (χ0v) is 18.3. The Balaban J connectivity index is 1.66. The number of morpholine rings is 1. The summed E-state index contributed by atoms with van der Waals surface area (Å²) in [4.78, 5) is 22.3. The number of fused-ring (bicyclic) bond motifs is 1. The molecule has 0 unspecified atom stereocenters. The van der Waals surface area contributed by atoms with Crippen molar-refractivity contribution in [3.63, 3.8) is 0 Å². The number of aryl methyl sites for hydroxylation is 2. The van der Waals surface area contributed by atoms with Crippen molar-refractivity contribution >= 4 is 48.5 Å². The molecule has 4 rings (SSSR count). The molecule has 1 aliphatic rings. The number of hydrogen-bond acceptors (Lipinski definition) is 6. The van der Waals surface area contributed by atoms with Gasteiger partial charge in [0.2, 0.25) is 0 Å². The van der Waals surface area contributed by atoms with E-state index in [-0.39, 0.29) is 5.91 Å². The Bertz CT molecular complexity index is 976. The van der Waals surface area contributed by atoms with Crippen molar-refractivity contribution in [3.8, 4) is 0 Å². The van der Waals surface area contributed by atoms with Crippen molar-refractivity contribution in [1.82, 2.24) is 19.7 Å². The van der Waals surface area contributed by atoms with Crippen molar-refractivity contribution in [2.24, 2.45) is 7.05 Å². The maximum atomic E-state index is 13.4. The van der Waals surface area contributed by atoms with Gasteiger partial charge >= 0.3 is 0 Å². The predicted octanol–water partition coefficient (Wildman–Crippen LogP) is 3.08. The van der Waals surface area contributed by atoms with E-state index in [2.05, 4.69) is 25.9 Å². The van der Waals surface area contributed by atoms with Gasteiger partial charge < -0.3 is 4.74 Å². The first-order chi connectivity index (χ1) is 13.5. The highest BCUT2D eigenvalue weighted by atomic mass is 79.9. The Morgan fingerprint density at radius 1 is 1.36 bits per heavy atom. The Morgan fingerprint density at radius 2 is 2.14 bits per heavy atom. The average Bonchev–Trinajstić information content (AvgIpc) is 3.25. The van der Waals surface area contributed by atoms with Gasteiger partial charge in [0.05, 0.1) is 29.6 Å². The molecular formula is C19H22BrN5O2S. The van der Waals surface area contributed by atoms with Crippen LogP contribution in [0.2, 0.25) is 0 Å². The maximum absolute atomic E-state index is 13.4. The van der Waals surface area contributed by atoms with E-state index >= 15 is 0 Å². The van der Waals surface area contributed by atoms with Crippen LogP contribution in [0.5, 0.6) is 0 Å². The highest BCUT2D eigenvalue weighted by Crippen LogP contribution is 2.31. The number of hydrogen-bond donors (Lipinski definition) is 0. The molecular weight excluding hydrogens is 442 g/mol. The van der Waals surface area contributed by atoms with Crippen molar-refractivity contribution in [2.75, 3.05) is 44.3 Å². The summed E-state index contributed by atoms with van der Waals surface area (Å²) < 4.78 is 9.13. The molecule has 1 amide bonds. The van der Waals surface area contributed by atoms with Gasteiger partial charge in [0.15, 0.2) is 5.13 Å². The summed E-state index contributed by atoms with van der Waals surface area (Å²) in [7, 11) is 1.80. The number of rotatable bonds is 5. The molecule has 0 spiro atoms. The van der Waals surface area contributed by atoms with Gasteiger partial charge in [0.1, 0.15) is 5.69 Å². The van der Waals surface area contributed by atoms with Crippen LogP contribution in [0.3, 0.4) is 0 Å². The number of benzene rings is 1. The average molecular weight is 464 g/mol. The molecule has 0 radical (unpaired) electrons. The van der Waals surface area contributed by atoms with Gasteiger partial charge in [-0.2, -0.15) is 5.10 Å². The minimum Gasteiger partial charge on any atom is -0.379 e. The molecule has 1 aromatic carbocycles. The lowest BCUT2D eigenvalue weighted by atomic mass is 10.2. The Labute approximate surface area is 176 Å². The first-order valence-electron chi connectivity index (χ1n) is 9.19. The van der Waals surface area contributed by atoms with Crippen LogP contribution in [0, 0.1) is 6.92 Å². The monoisotopic (exact) mass is 463 g/mol. The number of anilines is 1. The highest BCUT2D eigenvalue weighted by Gasteiger charge is 2.26. The molecule has 1 fully saturated rings. The molecule has 0 N–H and O–H groups in total. The Morgan fingerprint density at radius 3 is 2.86 bits per heavy atom. The van der Waals surface area contributed by atoms with E-state index in [1.807, 2.05) is 25.1 Å². The third-order valence-corrected chi connectivity index (χ3v) is 6.42. The minimum absolute atomic E-state index is 0.0659. The molecule has 7 nitrogen and oxygen atoms in total. The van der Waals surface area contributed by atoms with Gasteiger partial charge in [-0.15, -0.1) is 0 Å². The predicted molar refractivity (Wildman–Crippen MR) is 114 cm³/mol. The number of carbonyl (C=O) groups excluding carboxylic acids is 1. The minimum atomic E-state index is -0.0659. The first kappa shape index (κ1) is 19.5. The zero-order chi connectivity index (χ0) is 19.7. The SMILES string of the molecule is Cc1cnn(C)c1C(=O)N(CCN1CCOCC1)c1nc2ccc(Br)cc2s1. The van der Waals surface area contributed by atoms with Gasteiger partial charge in [-0.3, -0.25) is 19.3 Å². The summed E-state index contributed by atoms with van der Waals surface area (Å²) in [6.07, 6.45) is 1.73. The van der Waals surface area contributed by atoms with Crippen LogP contribution in [0.15, 0.2) is 28.9 Å². The van der Waals surface area contributed by atoms with Crippen molar-refractivity contribution < 1.29 is 9.53 Å². The van der Waals surface area contributed by atoms with Gasteiger partial charge in [-0.25, -0.2) is 4.98 Å². The van der Waals surface area contributed by atoms with Crippen LogP contribution < -0.4 is 4.90 Å². The molecule has 1 aliphatic heterocycles. The van der Waals surface area contributed by atoms with Crippen molar-refractivity contribution in [1.29, 1.82) is 0 Å². The van der Waals surface area contributed by atoms with E-state index in [0.29, 0.717) is 17.4 Å². The van der Waals surface area contributed by atoms with Crippen LogP contribution in [0.1, 0.15) is 16.1 Å². The fraction of sp³-hybridized carbons (Fsp3) is 0.421. The van der Waals surface area contributed by atoms with E-state index < -0.39 is 0 Å². The highest BCUT2D eigenvalue weighted by molar-refractivity contribution is 9.10. The fourth-order valence-electron chi connectivity index (χ4n) is 3.33. The number of ether oxygens (including phenoxy) is 1. The van der Waals surface area contributed by atoms with Crippen LogP contribution in [0.25, 0.3) is 10.2 Å². The molecule has 0 aliphatic carbocycles. The number of halogens is 1. The lowest BCUT2D eigenvalue weighted by molar-refractivity contribution is 0.0391. The molecule has 148 valence electrons. The van der Waals surface area contributed by atoms with Gasteiger partial charge in [0, 0.05) is 37.7 Å². The molecule has 0 bridgehead atoms. The molecule has 28 heavy (non-hydrogen) atoms. The summed E-state index contributed by atoms with van der Waals surface area (Å²) in [5.41, 5.74) is 2.37. The summed E-state index contributed by atoms with van der Waals surface area (Å²) in [6, 6.07) is 5.98. The molecule has 0 saturated carbocycles. The number of aromatic nitrogens is 3. The largest absolute Gasteiger partial charge is 0.379 e. The van der Waals surface area contributed by atoms with E-state index in [9.17, 15) is 4.79 Å². The molecule has 3 heterocycles. The van der Waals surface area contributed by atoms with Gasteiger partial charge in [-0.05, 0) is 30.7 Å². The van der Waals surface area contributed by atoms with E-state index in [1.54, 1.807) is 22.8 Å². The van der Waals surface area contributed by atoms with E-state index in [0.717, 1.165) is 53.1 Å². The third kappa shape index (κ3) is 3.98. The number of carbonyl (C=O) groups is 1. The van der Waals surface area contributed by atoms with E-state index in [1.165, 1.54) is 11.3 Å². The standard InChI is InChI=1S/C19H22BrN5O2S/c1-13-12-21-23(2)17(13)18(26)25(6-5-24-7-9-27-10-8-24)19-22-15-4-3-14(20)11-16(15)28-19/h3-4,11-12H,5-10H2,1-2H3. The van der Waals surface area contributed by atoms with Crippen LogP contribution in [0.4, 0.5) is 5.13 Å². The smallest absolute Gasteiger partial charge is 0.278 e. The molecule has 3 aromatic rings. The molecule has 2 aromatic heterocycles. The van der Waals surface area contributed by atoms with Gasteiger partial charge in [0.25, 0.3) is 5.91 Å². The summed E-state index contributed by atoms with van der Waals surface area (Å²) in [5, 5.41) is 4.95. The topological polar surface area (TPSA) is 63.5 Å². The van der Waals surface area contributed by atoms with Crippen LogP contribution >= 0.6 is 27.3 Å². The summed E-state index contributed by atoms with van der Waals surface area (Å²) in [6.45, 7) is 6.53. The second-order valence-electron chi connectivity index (χ2n) is 6.82. The molecule has 0 atom stereocenters. The lowest BCUT2D eigenvalue weighted by Crippen LogP contribution is -2.43. The fourth-order valence-corrected chi connectivity index (χ4v) is 4.88. The van der Waals surface area contributed by atoms with Crippen LogP contribution in [-0.2, 0) is 11.8 Å². The number of amides is 1. The Kier molecular flexibility index (Phi) is 5.77. The maximum Gasteiger partial charge on any atom is 0.278 e. The first-order valence-corrected chi connectivity index (χ1v) is 10.8. The lowest BCUT2D eigenvalue weighted by Gasteiger charge is -2.29. The quantitative estimate of drug-likeness (QED) is 0.581. The van der Waals surface area contributed by atoms with Gasteiger partial charge in [-0.1, -0.05) is 27.3 Å². The molecule has 9 heteroatoms. The Hall–Kier alpha value is -1.81. The summed E-state index contributed by atoms with van der Waals surface area (Å²) in [5.74, 6) is -0.0659. The summed E-state index contributed by atoms with van der Waals surface area (Å²) >= 11 is 5.04. The van der Waals surface area contributed by atoms with Crippen LogP contribution in [-0.4, -0.2) is 65.0 Å². The van der Waals surface area contributed by atoms with E-state index in [4.69, 9.17) is 9.72 Å². The number of thiazole rings is 1.